The van der Waals surface area contributed by atoms with Gasteiger partial charge in [0, 0.05) is 23.9 Å². The van der Waals surface area contributed by atoms with Crippen LogP contribution < -0.4 is 10.6 Å². The Kier molecular flexibility index (Phi) is 7.15. The lowest BCUT2D eigenvalue weighted by Crippen LogP contribution is -2.56. The maximum Gasteiger partial charge on any atom is 0.223 e. The van der Waals surface area contributed by atoms with Crippen LogP contribution in [0.4, 0.5) is 0 Å². The molecule has 2 amide bonds. The second-order valence-corrected chi connectivity index (χ2v) is 14.7. The van der Waals surface area contributed by atoms with E-state index in [1.807, 2.05) is 0 Å². The molecular formula is C28H50N2O2. The Labute approximate surface area is 197 Å². The molecule has 0 heterocycles. The molecule has 3 fully saturated rings. The summed E-state index contributed by atoms with van der Waals surface area (Å²) >= 11 is 0. The number of carbonyl (C=O) groups is 2. The zero-order valence-corrected chi connectivity index (χ0v) is 22.2. The Morgan fingerprint density at radius 3 is 1.12 bits per heavy atom. The molecule has 32 heavy (non-hydrogen) atoms. The summed E-state index contributed by atoms with van der Waals surface area (Å²) in [5.41, 5.74) is 0.796. The number of amides is 2. The van der Waals surface area contributed by atoms with Crippen LogP contribution in [-0.2, 0) is 9.59 Å². The fourth-order valence-electron chi connectivity index (χ4n) is 8.14. The van der Waals surface area contributed by atoms with Crippen LogP contribution in [0.25, 0.3) is 0 Å². The van der Waals surface area contributed by atoms with Gasteiger partial charge in [0.25, 0.3) is 0 Å². The van der Waals surface area contributed by atoms with Gasteiger partial charge in [0.2, 0.25) is 11.8 Å². The summed E-state index contributed by atoms with van der Waals surface area (Å²) in [6.45, 7) is 18.4. The number of carbonyl (C=O) groups excluding carboxylic acids is 2. The van der Waals surface area contributed by atoms with Crippen LogP contribution >= 0.6 is 0 Å². The first-order valence-electron chi connectivity index (χ1n) is 13.2. The molecule has 0 aromatic carbocycles. The van der Waals surface area contributed by atoms with Gasteiger partial charge in [0.15, 0.2) is 0 Å². The number of hydrogen-bond donors (Lipinski definition) is 2. The van der Waals surface area contributed by atoms with Gasteiger partial charge in [-0.1, -0.05) is 68.2 Å². The van der Waals surface area contributed by atoms with Crippen molar-refractivity contribution < 1.29 is 9.59 Å². The first-order valence-corrected chi connectivity index (χ1v) is 13.2. The molecule has 0 aromatic heterocycles. The molecule has 0 bridgehead atoms. The van der Waals surface area contributed by atoms with Crippen LogP contribution in [0.5, 0.6) is 0 Å². The molecule has 3 aliphatic carbocycles. The molecule has 0 spiro atoms. The molecule has 3 aliphatic rings. The molecule has 0 aliphatic heterocycles. The third kappa shape index (κ3) is 6.73. The zero-order chi connectivity index (χ0) is 23.9. The highest BCUT2D eigenvalue weighted by Gasteiger charge is 2.44. The van der Waals surface area contributed by atoms with Gasteiger partial charge in [-0.25, -0.2) is 0 Å². The second kappa shape index (κ2) is 8.95. The van der Waals surface area contributed by atoms with E-state index >= 15 is 0 Å². The topological polar surface area (TPSA) is 58.2 Å². The molecule has 4 heteroatoms. The molecule has 184 valence electrons. The third-order valence-corrected chi connectivity index (χ3v) is 8.27. The van der Waals surface area contributed by atoms with E-state index in [0.717, 1.165) is 51.4 Å². The first kappa shape index (κ1) is 25.6. The average Bonchev–Trinajstić information content (AvgIpc) is 2.58. The first-order chi connectivity index (χ1) is 14.6. The van der Waals surface area contributed by atoms with E-state index in [2.05, 4.69) is 66.0 Å². The standard InChI is InChI=1S/C28H50N2O2/c1-25(2)13-19(14-26(3,4)17-25)23(31)29-21-11-9-10-12-22(21)30-24(32)20-15-27(5,6)18-28(7,8)16-20/h19-22H,9-18H2,1-8H3,(H,29,31)(H,30,32). The molecule has 3 saturated carbocycles. The second-order valence-electron chi connectivity index (χ2n) is 14.7. The van der Waals surface area contributed by atoms with E-state index in [4.69, 9.17) is 0 Å². The minimum absolute atomic E-state index is 0.0676. The van der Waals surface area contributed by atoms with Crippen LogP contribution in [0.1, 0.15) is 120 Å². The van der Waals surface area contributed by atoms with Crippen molar-refractivity contribution in [3.8, 4) is 0 Å². The van der Waals surface area contributed by atoms with Crippen molar-refractivity contribution in [3.63, 3.8) is 0 Å². The Bertz CT molecular complexity index is 614. The largest absolute Gasteiger partial charge is 0.351 e. The van der Waals surface area contributed by atoms with E-state index < -0.39 is 0 Å². The molecule has 2 N–H and O–H groups in total. The number of rotatable bonds is 4. The number of nitrogens with one attached hydrogen (secondary N) is 2. The highest BCUT2D eigenvalue weighted by atomic mass is 16.2. The van der Waals surface area contributed by atoms with Crippen molar-refractivity contribution in [1.29, 1.82) is 0 Å². The van der Waals surface area contributed by atoms with E-state index in [0.29, 0.717) is 0 Å². The normalized spacial score (nSPS) is 32.1. The maximum atomic E-state index is 13.3. The van der Waals surface area contributed by atoms with Crippen LogP contribution in [0.2, 0.25) is 0 Å². The highest BCUT2D eigenvalue weighted by Crippen LogP contribution is 2.49. The van der Waals surface area contributed by atoms with Crippen molar-refractivity contribution in [1.82, 2.24) is 10.6 Å². The Hall–Kier alpha value is -1.06. The van der Waals surface area contributed by atoms with Crippen molar-refractivity contribution >= 4 is 11.8 Å². The molecule has 0 aromatic rings. The Balaban J connectivity index is 1.63. The monoisotopic (exact) mass is 446 g/mol. The maximum absolute atomic E-state index is 13.3. The summed E-state index contributed by atoms with van der Waals surface area (Å²) in [6, 6.07) is 0.135. The van der Waals surface area contributed by atoms with Gasteiger partial charge in [-0.05, 0) is 73.0 Å². The fourth-order valence-corrected chi connectivity index (χ4v) is 8.14. The lowest BCUT2D eigenvalue weighted by molar-refractivity contribution is -0.133. The predicted octanol–water partition coefficient (Wildman–Crippen LogP) is 6.24. The van der Waals surface area contributed by atoms with Crippen molar-refractivity contribution in [2.45, 2.75) is 132 Å². The quantitative estimate of drug-likeness (QED) is 0.537. The smallest absolute Gasteiger partial charge is 0.223 e. The molecule has 4 nitrogen and oxygen atoms in total. The van der Waals surface area contributed by atoms with Crippen molar-refractivity contribution in [2.24, 2.45) is 33.5 Å². The lowest BCUT2D eigenvalue weighted by Gasteiger charge is -2.45. The minimum atomic E-state index is 0.0676. The molecule has 2 atom stereocenters. The number of hydrogen-bond acceptors (Lipinski definition) is 2. The SMILES string of the molecule is CC1(C)CC(C(=O)NC2CCCCC2NC(=O)C2CC(C)(C)CC(C)(C)C2)CC(C)(C)C1. The minimum Gasteiger partial charge on any atom is -0.351 e. The highest BCUT2D eigenvalue weighted by molar-refractivity contribution is 5.81. The molecule has 0 radical (unpaired) electrons. The van der Waals surface area contributed by atoms with Gasteiger partial charge in [0.05, 0.1) is 0 Å². The average molecular weight is 447 g/mol. The summed E-state index contributed by atoms with van der Waals surface area (Å²) in [7, 11) is 0. The zero-order valence-electron chi connectivity index (χ0n) is 22.2. The van der Waals surface area contributed by atoms with E-state index in [9.17, 15) is 9.59 Å². The van der Waals surface area contributed by atoms with E-state index in [-0.39, 0.29) is 57.4 Å². The van der Waals surface area contributed by atoms with Gasteiger partial charge >= 0.3 is 0 Å². The van der Waals surface area contributed by atoms with Crippen LogP contribution in [0.15, 0.2) is 0 Å². The van der Waals surface area contributed by atoms with Crippen LogP contribution in [0, 0.1) is 33.5 Å². The third-order valence-electron chi connectivity index (χ3n) is 8.27. The summed E-state index contributed by atoms with van der Waals surface area (Å²) in [6.07, 6.45) is 10.4. The summed E-state index contributed by atoms with van der Waals surface area (Å²) in [4.78, 5) is 26.6. The van der Waals surface area contributed by atoms with E-state index in [1.165, 1.54) is 12.8 Å². The van der Waals surface area contributed by atoms with Gasteiger partial charge in [-0.2, -0.15) is 0 Å². The Morgan fingerprint density at radius 2 is 0.844 bits per heavy atom. The Morgan fingerprint density at radius 1 is 0.562 bits per heavy atom. The van der Waals surface area contributed by atoms with Crippen molar-refractivity contribution in [2.75, 3.05) is 0 Å². The fraction of sp³-hybridized carbons (Fsp3) is 0.929. The van der Waals surface area contributed by atoms with Gasteiger partial charge < -0.3 is 10.6 Å². The molecule has 0 saturated heterocycles. The van der Waals surface area contributed by atoms with Crippen LogP contribution in [0.3, 0.4) is 0 Å². The summed E-state index contributed by atoms with van der Waals surface area (Å²) in [5.74, 6) is 0.563. The van der Waals surface area contributed by atoms with Gasteiger partial charge in [-0.15, -0.1) is 0 Å². The molecular weight excluding hydrogens is 396 g/mol. The van der Waals surface area contributed by atoms with Gasteiger partial charge in [-0.3, -0.25) is 9.59 Å². The van der Waals surface area contributed by atoms with Gasteiger partial charge in [0.1, 0.15) is 0 Å². The molecule has 3 rings (SSSR count). The van der Waals surface area contributed by atoms with Crippen LogP contribution in [-0.4, -0.2) is 23.9 Å². The lowest BCUT2D eigenvalue weighted by atomic mass is 9.61. The predicted molar refractivity (Wildman–Crippen MR) is 132 cm³/mol. The molecule has 2 unspecified atom stereocenters. The summed E-state index contributed by atoms with van der Waals surface area (Å²) in [5, 5.41) is 6.80. The summed E-state index contributed by atoms with van der Waals surface area (Å²) < 4.78 is 0. The van der Waals surface area contributed by atoms with Crippen molar-refractivity contribution in [3.05, 3.63) is 0 Å². The van der Waals surface area contributed by atoms with E-state index in [1.54, 1.807) is 0 Å².